The van der Waals surface area contributed by atoms with E-state index in [0.29, 0.717) is 13.1 Å². The summed E-state index contributed by atoms with van der Waals surface area (Å²) in [5.74, 6) is 0. The summed E-state index contributed by atoms with van der Waals surface area (Å²) in [6.45, 7) is 8.28. The predicted octanol–water partition coefficient (Wildman–Crippen LogP) is 3.89. The van der Waals surface area contributed by atoms with Crippen LogP contribution in [0, 0.1) is 0 Å². The van der Waals surface area contributed by atoms with Crippen LogP contribution in [-0.2, 0) is 25.6 Å². The zero-order chi connectivity index (χ0) is 22.6. The summed E-state index contributed by atoms with van der Waals surface area (Å²) in [7, 11) is -3.47. The topological polar surface area (TPSA) is 76.2 Å². The van der Waals surface area contributed by atoms with E-state index in [1.807, 2.05) is 57.2 Å². The van der Waals surface area contributed by atoms with Crippen LogP contribution in [0.5, 0.6) is 0 Å². The van der Waals surface area contributed by atoms with Crippen LogP contribution in [0.25, 0.3) is 11.1 Å². The number of carbonyl (C=O) groups is 1. The normalized spacial score (nSPS) is 15.1. The maximum atomic E-state index is 12.3. The fourth-order valence-electron chi connectivity index (χ4n) is 3.41. The Morgan fingerprint density at radius 3 is 2.16 bits per heavy atom. The molecule has 1 heterocycles. The number of rotatable bonds is 5. The number of ether oxygens (including phenoxy) is 1. The Bertz CT molecular complexity index is 1010. The molecule has 1 saturated heterocycles. The summed E-state index contributed by atoms with van der Waals surface area (Å²) in [5.41, 5.74) is 3.51. The van der Waals surface area contributed by atoms with Crippen molar-refractivity contribution in [2.75, 3.05) is 37.3 Å². The Morgan fingerprint density at radius 2 is 1.58 bits per heavy atom. The Kier molecular flexibility index (Phi) is 6.91. The summed E-state index contributed by atoms with van der Waals surface area (Å²) in [6.07, 6.45) is 0.771. The van der Waals surface area contributed by atoms with Gasteiger partial charge in [-0.3, -0.25) is 4.18 Å². The van der Waals surface area contributed by atoms with Gasteiger partial charge in [0, 0.05) is 37.4 Å². The van der Waals surface area contributed by atoms with Gasteiger partial charge in [-0.15, -0.1) is 0 Å². The molecule has 0 aliphatic carbocycles. The number of para-hydroxylation sites is 1. The van der Waals surface area contributed by atoms with Gasteiger partial charge in [0.1, 0.15) is 5.60 Å². The van der Waals surface area contributed by atoms with E-state index in [4.69, 9.17) is 8.92 Å². The highest BCUT2D eigenvalue weighted by Crippen LogP contribution is 2.32. The first-order valence-corrected chi connectivity index (χ1v) is 12.1. The van der Waals surface area contributed by atoms with E-state index in [0.717, 1.165) is 41.7 Å². The quantitative estimate of drug-likeness (QED) is 0.649. The molecule has 1 aliphatic heterocycles. The molecule has 2 aromatic carbocycles. The van der Waals surface area contributed by atoms with Gasteiger partial charge in [0.25, 0.3) is 10.1 Å². The van der Waals surface area contributed by atoms with Crippen LogP contribution in [0.4, 0.5) is 10.5 Å². The largest absolute Gasteiger partial charge is 0.444 e. The molecule has 1 amide bonds. The second-order valence-electron chi connectivity index (χ2n) is 8.63. The first kappa shape index (κ1) is 23.1. The van der Waals surface area contributed by atoms with E-state index in [1.54, 1.807) is 4.90 Å². The fourth-order valence-corrected chi connectivity index (χ4v) is 3.76. The summed E-state index contributed by atoms with van der Waals surface area (Å²) < 4.78 is 32.7. The summed E-state index contributed by atoms with van der Waals surface area (Å²) in [4.78, 5) is 16.4. The van der Waals surface area contributed by atoms with Crippen LogP contribution in [0.2, 0.25) is 0 Å². The highest BCUT2D eigenvalue weighted by atomic mass is 32.2. The molecule has 7 nitrogen and oxygen atoms in total. The van der Waals surface area contributed by atoms with Gasteiger partial charge in [-0.25, -0.2) is 4.79 Å². The summed E-state index contributed by atoms with van der Waals surface area (Å²) in [6, 6.07) is 15.8. The maximum absolute atomic E-state index is 12.3. The van der Waals surface area contributed by atoms with E-state index >= 15 is 0 Å². The molecule has 0 N–H and O–H groups in total. The molecule has 8 heteroatoms. The number of nitrogens with zero attached hydrogens (tertiary/aromatic N) is 2. The number of anilines is 1. The standard InChI is InChI=1S/C23H30N2O5S/c1-23(2,3)30-22(26)25-15-13-24(14-16-25)21-8-6-5-7-20(21)19-11-9-18(10-12-19)17-29-31(4,27)28/h5-12H,13-17H2,1-4H3. The molecule has 0 saturated carbocycles. The molecule has 1 fully saturated rings. The van der Waals surface area contributed by atoms with Crippen molar-refractivity contribution in [3.05, 3.63) is 54.1 Å². The van der Waals surface area contributed by atoms with E-state index in [1.165, 1.54) is 0 Å². The van der Waals surface area contributed by atoms with Gasteiger partial charge >= 0.3 is 6.09 Å². The number of benzene rings is 2. The third kappa shape index (κ3) is 6.70. The number of piperazine rings is 1. The molecule has 2 aromatic rings. The first-order chi connectivity index (χ1) is 14.5. The second kappa shape index (κ2) is 9.28. The Morgan fingerprint density at radius 1 is 0.968 bits per heavy atom. The lowest BCUT2D eigenvalue weighted by Gasteiger charge is -2.37. The summed E-state index contributed by atoms with van der Waals surface area (Å²) >= 11 is 0. The molecule has 1 aliphatic rings. The van der Waals surface area contributed by atoms with Crippen molar-refractivity contribution >= 4 is 21.9 Å². The van der Waals surface area contributed by atoms with Crippen LogP contribution < -0.4 is 4.90 Å². The molecule has 0 radical (unpaired) electrons. The van der Waals surface area contributed by atoms with Crippen LogP contribution in [0.3, 0.4) is 0 Å². The van der Waals surface area contributed by atoms with Crippen molar-refractivity contribution in [2.45, 2.75) is 33.0 Å². The average molecular weight is 447 g/mol. The Labute approximate surface area is 184 Å². The monoisotopic (exact) mass is 446 g/mol. The van der Waals surface area contributed by atoms with Crippen molar-refractivity contribution in [2.24, 2.45) is 0 Å². The van der Waals surface area contributed by atoms with Gasteiger partial charge in [-0.1, -0.05) is 42.5 Å². The van der Waals surface area contributed by atoms with E-state index in [9.17, 15) is 13.2 Å². The molecule has 0 spiro atoms. The third-order valence-corrected chi connectivity index (χ3v) is 5.43. The molecule has 0 bridgehead atoms. The summed E-state index contributed by atoms with van der Waals surface area (Å²) in [5, 5.41) is 0. The van der Waals surface area contributed by atoms with E-state index < -0.39 is 15.7 Å². The van der Waals surface area contributed by atoms with Crippen LogP contribution in [0.15, 0.2) is 48.5 Å². The molecule has 168 valence electrons. The molecule has 31 heavy (non-hydrogen) atoms. The lowest BCUT2D eigenvalue weighted by atomic mass is 10.0. The van der Waals surface area contributed by atoms with Gasteiger partial charge in [0.15, 0.2) is 0 Å². The van der Waals surface area contributed by atoms with Gasteiger partial charge < -0.3 is 14.5 Å². The van der Waals surface area contributed by atoms with Gasteiger partial charge in [-0.2, -0.15) is 8.42 Å². The molecular formula is C23H30N2O5S. The predicted molar refractivity (Wildman–Crippen MR) is 122 cm³/mol. The van der Waals surface area contributed by atoms with E-state index in [2.05, 4.69) is 17.0 Å². The molecule has 0 atom stereocenters. The van der Waals surface area contributed by atoms with Gasteiger partial charge in [0.2, 0.25) is 0 Å². The molecule has 0 unspecified atom stereocenters. The van der Waals surface area contributed by atoms with Crippen molar-refractivity contribution in [1.29, 1.82) is 0 Å². The molecule has 3 rings (SSSR count). The minimum Gasteiger partial charge on any atom is -0.444 e. The maximum Gasteiger partial charge on any atom is 0.410 e. The lowest BCUT2D eigenvalue weighted by Crippen LogP contribution is -2.50. The molecular weight excluding hydrogens is 416 g/mol. The highest BCUT2D eigenvalue weighted by molar-refractivity contribution is 7.85. The fraction of sp³-hybridized carbons (Fsp3) is 0.435. The van der Waals surface area contributed by atoms with Crippen molar-refractivity contribution in [1.82, 2.24) is 4.90 Å². The Balaban J connectivity index is 1.69. The van der Waals surface area contributed by atoms with Crippen molar-refractivity contribution < 1.29 is 22.1 Å². The van der Waals surface area contributed by atoms with Crippen LogP contribution >= 0.6 is 0 Å². The van der Waals surface area contributed by atoms with Crippen molar-refractivity contribution in [3.8, 4) is 11.1 Å². The zero-order valence-electron chi connectivity index (χ0n) is 18.5. The highest BCUT2D eigenvalue weighted by Gasteiger charge is 2.26. The lowest BCUT2D eigenvalue weighted by molar-refractivity contribution is 0.0240. The second-order valence-corrected chi connectivity index (χ2v) is 10.3. The average Bonchev–Trinajstić information content (AvgIpc) is 2.71. The first-order valence-electron chi connectivity index (χ1n) is 10.3. The Hall–Kier alpha value is -2.58. The van der Waals surface area contributed by atoms with Crippen molar-refractivity contribution in [3.63, 3.8) is 0 Å². The number of amides is 1. The minimum absolute atomic E-state index is 0.0212. The van der Waals surface area contributed by atoms with E-state index in [-0.39, 0.29) is 12.7 Å². The van der Waals surface area contributed by atoms with Crippen LogP contribution in [-0.4, -0.2) is 57.4 Å². The minimum atomic E-state index is -3.47. The number of hydrogen-bond acceptors (Lipinski definition) is 6. The number of hydrogen-bond donors (Lipinski definition) is 0. The van der Waals surface area contributed by atoms with Crippen LogP contribution in [0.1, 0.15) is 26.3 Å². The number of carbonyl (C=O) groups excluding carboxylic acids is 1. The molecule has 0 aromatic heterocycles. The SMILES string of the molecule is CC(C)(C)OC(=O)N1CCN(c2ccccc2-c2ccc(COS(C)(=O)=O)cc2)CC1. The smallest absolute Gasteiger partial charge is 0.410 e. The zero-order valence-corrected chi connectivity index (χ0v) is 19.3. The third-order valence-electron chi connectivity index (χ3n) is 4.88. The van der Waals surface area contributed by atoms with Gasteiger partial charge in [0.05, 0.1) is 12.9 Å². The van der Waals surface area contributed by atoms with Gasteiger partial charge in [-0.05, 0) is 38.0 Å².